The maximum absolute atomic E-state index is 12.7. The highest BCUT2D eigenvalue weighted by molar-refractivity contribution is 5.76. The van der Waals surface area contributed by atoms with Crippen molar-refractivity contribution in [3.63, 3.8) is 0 Å². The van der Waals surface area contributed by atoms with Crippen molar-refractivity contribution in [1.82, 2.24) is 25.0 Å². The number of aryl methyl sites for hydroxylation is 3. The van der Waals surface area contributed by atoms with E-state index >= 15 is 0 Å². The molecular weight excluding hydrogens is 356 g/mol. The molecule has 8 nitrogen and oxygen atoms in total. The van der Waals surface area contributed by atoms with E-state index in [-0.39, 0.29) is 11.8 Å². The van der Waals surface area contributed by atoms with Crippen LogP contribution in [0.3, 0.4) is 0 Å². The number of rotatable bonds is 4. The first-order chi connectivity index (χ1) is 13.5. The molecule has 2 aromatic rings. The maximum Gasteiger partial charge on any atom is 0.227 e. The van der Waals surface area contributed by atoms with Crippen molar-refractivity contribution in [2.45, 2.75) is 58.3 Å². The van der Waals surface area contributed by atoms with E-state index in [0.717, 1.165) is 56.1 Å². The lowest BCUT2D eigenvalue weighted by molar-refractivity contribution is -0.132. The van der Waals surface area contributed by atoms with Crippen LogP contribution in [-0.4, -0.2) is 57.6 Å². The van der Waals surface area contributed by atoms with Crippen LogP contribution < -0.4 is 4.90 Å². The second-order valence-corrected chi connectivity index (χ2v) is 7.91. The standard InChI is InChI=1S/C20H28N6O2/c1-13-16-7-5-10-25(3)20(16)23-19(21-13)15-6-4-11-26(12-15)18(27)9-8-17-22-14(2)24-28-17/h15H,4-12H2,1-3H3/t15-/m0/s1. The number of piperidine rings is 1. The Labute approximate surface area is 165 Å². The fraction of sp³-hybridized carbons (Fsp3) is 0.650. The average Bonchev–Trinajstić information content (AvgIpc) is 3.12. The van der Waals surface area contributed by atoms with E-state index in [2.05, 4.69) is 29.0 Å². The summed E-state index contributed by atoms with van der Waals surface area (Å²) < 4.78 is 5.11. The molecule has 4 heterocycles. The van der Waals surface area contributed by atoms with Gasteiger partial charge in [-0.2, -0.15) is 4.98 Å². The van der Waals surface area contributed by atoms with Crippen LogP contribution in [0.5, 0.6) is 0 Å². The Hall–Kier alpha value is -2.51. The number of likely N-dealkylation sites (tertiary alicyclic amines) is 1. The molecule has 150 valence electrons. The Morgan fingerprint density at radius 1 is 1.18 bits per heavy atom. The SMILES string of the molecule is Cc1noc(CCC(=O)N2CCC[C@H](c3nc(C)c4c(n3)N(C)CCC4)C2)n1. The first kappa shape index (κ1) is 18.8. The van der Waals surface area contributed by atoms with E-state index in [1.807, 2.05) is 4.90 Å². The smallest absolute Gasteiger partial charge is 0.227 e. The molecule has 0 unspecified atom stereocenters. The lowest BCUT2D eigenvalue weighted by atomic mass is 9.95. The third kappa shape index (κ3) is 3.86. The van der Waals surface area contributed by atoms with E-state index in [1.165, 1.54) is 5.56 Å². The van der Waals surface area contributed by atoms with Crippen LogP contribution in [0.1, 0.15) is 60.4 Å². The van der Waals surface area contributed by atoms with Gasteiger partial charge in [-0.1, -0.05) is 5.16 Å². The highest BCUT2D eigenvalue weighted by Gasteiger charge is 2.29. The van der Waals surface area contributed by atoms with Gasteiger partial charge in [-0.25, -0.2) is 9.97 Å². The number of hydrogen-bond acceptors (Lipinski definition) is 7. The molecule has 0 radical (unpaired) electrons. The minimum Gasteiger partial charge on any atom is -0.359 e. The number of amides is 1. The van der Waals surface area contributed by atoms with Gasteiger partial charge in [0.15, 0.2) is 5.82 Å². The Balaban J connectivity index is 1.44. The molecular formula is C20H28N6O2. The minimum absolute atomic E-state index is 0.132. The molecule has 0 aromatic carbocycles. The molecule has 1 fully saturated rings. The van der Waals surface area contributed by atoms with Gasteiger partial charge in [0.25, 0.3) is 0 Å². The molecule has 2 aliphatic heterocycles. The fourth-order valence-corrected chi connectivity index (χ4v) is 4.22. The average molecular weight is 384 g/mol. The van der Waals surface area contributed by atoms with E-state index < -0.39 is 0 Å². The predicted molar refractivity (Wildman–Crippen MR) is 104 cm³/mol. The van der Waals surface area contributed by atoms with Crippen LogP contribution in [0.15, 0.2) is 4.52 Å². The molecule has 2 aromatic heterocycles. The number of anilines is 1. The molecule has 0 saturated carbocycles. The Morgan fingerprint density at radius 3 is 2.82 bits per heavy atom. The number of fused-ring (bicyclic) bond motifs is 1. The van der Waals surface area contributed by atoms with Crippen LogP contribution in [-0.2, 0) is 17.6 Å². The Morgan fingerprint density at radius 2 is 2.04 bits per heavy atom. The summed E-state index contributed by atoms with van der Waals surface area (Å²) in [6, 6.07) is 0. The van der Waals surface area contributed by atoms with E-state index in [9.17, 15) is 4.79 Å². The topological polar surface area (TPSA) is 88.2 Å². The van der Waals surface area contributed by atoms with Crippen LogP contribution in [0, 0.1) is 13.8 Å². The van der Waals surface area contributed by atoms with Crippen molar-refractivity contribution in [2.24, 2.45) is 0 Å². The molecule has 8 heteroatoms. The van der Waals surface area contributed by atoms with Crippen molar-refractivity contribution in [2.75, 3.05) is 31.6 Å². The fourth-order valence-electron chi connectivity index (χ4n) is 4.22. The molecule has 1 saturated heterocycles. The van der Waals surface area contributed by atoms with E-state index in [1.54, 1.807) is 6.92 Å². The second kappa shape index (κ2) is 7.85. The van der Waals surface area contributed by atoms with Crippen molar-refractivity contribution in [3.05, 3.63) is 28.8 Å². The summed E-state index contributed by atoms with van der Waals surface area (Å²) in [4.78, 5) is 30.8. The van der Waals surface area contributed by atoms with Crippen LogP contribution in [0.4, 0.5) is 5.82 Å². The van der Waals surface area contributed by atoms with Gasteiger partial charge in [0.05, 0.1) is 0 Å². The van der Waals surface area contributed by atoms with Gasteiger partial charge in [-0.05, 0) is 39.5 Å². The Kier molecular flexibility index (Phi) is 5.28. The van der Waals surface area contributed by atoms with Crippen molar-refractivity contribution in [1.29, 1.82) is 0 Å². The lowest BCUT2D eigenvalue weighted by Crippen LogP contribution is -2.40. The lowest BCUT2D eigenvalue weighted by Gasteiger charge is -2.33. The van der Waals surface area contributed by atoms with Gasteiger partial charge in [-0.3, -0.25) is 4.79 Å². The van der Waals surface area contributed by atoms with Gasteiger partial charge < -0.3 is 14.3 Å². The molecule has 28 heavy (non-hydrogen) atoms. The normalized spacial score (nSPS) is 19.6. The molecule has 0 bridgehead atoms. The van der Waals surface area contributed by atoms with Crippen LogP contribution in [0.2, 0.25) is 0 Å². The minimum atomic E-state index is 0.132. The third-order valence-corrected chi connectivity index (χ3v) is 5.75. The number of carbonyl (C=O) groups excluding carboxylic acids is 1. The van der Waals surface area contributed by atoms with Gasteiger partial charge in [0, 0.05) is 56.7 Å². The molecule has 2 aliphatic rings. The summed E-state index contributed by atoms with van der Waals surface area (Å²) in [5.74, 6) is 3.41. The quantitative estimate of drug-likeness (QED) is 0.798. The summed E-state index contributed by atoms with van der Waals surface area (Å²) >= 11 is 0. The third-order valence-electron chi connectivity index (χ3n) is 5.75. The van der Waals surface area contributed by atoms with Crippen LogP contribution in [0.25, 0.3) is 0 Å². The molecule has 0 aliphatic carbocycles. The Bertz CT molecular complexity index is 864. The maximum atomic E-state index is 12.7. The molecule has 4 rings (SSSR count). The van der Waals surface area contributed by atoms with Gasteiger partial charge >= 0.3 is 0 Å². The van der Waals surface area contributed by atoms with Crippen molar-refractivity contribution >= 4 is 11.7 Å². The summed E-state index contributed by atoms with van der Waals surface area (Å²) in [6.45, 7) is 6.38. The van der Waals surface area contributed by atoms with Crippen molar-refractivity contribution in [3.8, 4) is 0 Å². The zero-order valence-corrected chi connectivity index (χ0v) is 16.9. The van der Waals surface area contributed by atoms with Gasteiger partial charge in [0.2, 0.25) is 11.8 Å². The zero-order valence-electron chi connectivity index (χ0n) is 16.9. The largest absolute Gasteiger partial charge is 0.359 e. The number of nitrogens with zero attached hydrogens (tertiary/aromatic N) is 6. The van der Waals surface area contributed by atoms with E-state index in [0.29, 0.717) is 31.1 Å². The first-order valence-electron chi connectivity index (χ1n) is 10.2. The van der Waals surface area contributed by atoms with Crippen molar-refractivity contribution < 1.29 is 9.32 Å². The molecule has 1 amide bonds. The summed E-state index contributed by atoms with van der Waals surface area (Å²) in [7, 11) is 2.10. The predicted octanol–water partition coefficient (Wildman–Crippen LogP) is 2.20. The number of carbonyl (C=O) groups is 1. The van der Waals surface area contributed by atoms with Gasteiger partial charge in [0.1, 0.15) is 11.6 Å². The summed E-state index contributed by atoms with van der Waals surface area (Å²) in [5, 5.41) is 3.78. The number of hydrogen-bond donors (Lipinski definition) is 0. The summed E-state index contributed by atoms with van der Waals surface area (Å²) in [6.07, 6.45) is 5.08. The molecule has 0 N–H and O–H groups in total. The molecule has 0 spiro atoms. The van der Waals surface area contributed by atoms with E-state index in [4.69, 9.17) is 14.5 Å². The highest BCUT2D eigenvalue weighted by atomic mass is 16.5. The highest BCUT2D eigenvalue weighted by Crippen LogP contribution is 2.31. The molecule has 1 atom stereocenters. The van der Waals surface area contributed by atoms with Crippen LogP contribution >= 0.6 is 0 Å². The number of aromatic nitrogens is 4. The second-order valence-electron chi connectivity index (χ2n) is 7.91. The first-order valence-corrected chi connectivity index (χ1v) is 10.2. The zero-order chi connectivity index (χ0) is 19.7. The van der Waals surface area contributed by atoms with Gasteiger partial charge in [-0.15, -0.1) is 0 Å². The summed E-state index contributed by atoms with van der Waals surface area (Å²) in [5.41, 5.74) is 2.36. The monoisotopic (exact) mass is 384 g/mol.